The van der Waals surface area contributed by atoms with Crippen LogP contribution in [-0.2, 0) is 9.53 Å². The number of benzene rings is 1. The van der Waals surface area contributed by atoms with Crippen LogP contribution in [-0.4, -0.2) is 89.3 Å². The lowest BCUT2D eigenvalue weighted by molar-refractivity contribution is -0.144. The highest BCUT2D eigenvalue weighted by Crippen LogP contribution is 2.40. The number of carbonyl (C=O) groups excluding carboxylic acids is 2. The molecule has 2 amide bonds. The number of piperidine rings is 1. The lowest BCUT2D eigenvalue weighted by Crippen LogP contribution is -2.56. The van der Waals surface area contributed by atoms with Crippen molar-refractivity contribution in [2.75, 3.05) is 46.3 Å². The van der Waals surface area contributed by atoms with Gasteiger partial charge in [0, 0.05) is 39.3 Å². The number of halogens is 2. The zero-order chi connectivity index (χ0) is 23.7. The molecular formula is C23H33Cl2N3O4. The van der Waals surface area contributed by atoms with Crippen LogP contribution in [0.25, 0.3) is 0 Å². The average molecular weight is 486 g/mol. The standard InChI is InChI=1S/C23H33Cl2N3O4/c1-22(2,3)32-21(30)28-13-11-27(12-14-28)20(29)19(16-5-6-17(24)18(25)15-16)23(31)7-9-26(4)10-8-23/h5-6,15,19,31H,7-14H2,1-4H3. The zero-order valence-electron chi connectivity index (χ0n) is 19.2. The Morgan fingerprint density at radius 3 is 2.09 bits per heavy atom. The van der Waals surface area contributed by atoms with Crippen LogP contribution in [0, 0.1) is 0 Å². The lowest BCUT2D eigenvalue weighted by atomic mass is 9.75. The van der Waals surface area contributed by atoms with Gasteiger partial charge in [0.25, 0.3) is 0 Å². The number of aliphatic hydroxyl groups is 1. The van der Waals surface area contributed by atoms with Crippen molar-refractivity contribution >= 4 is 35.2 Å². The minimum Gasteiger partial charge on any atom is -0.444 e. The summed E-state index contributed by atoms with van der Waals surface area (Å²) in [5.74, 6) is -0.904. The van der Waals surface area contributed by atoms with E-state index in [9.17, 15) is 14.7 Å². The first-order valence-corrected chi connectivity index (χ1v) is 11.8. The molecule has 2 heterocycles. The molecule has 2 aliphatic rings. The van der Waals surface area contributed by atoms with Crippen molar-refractivity contribution in [3.05, 3.63) is 33.8 Å². The molecule has 0 aromatic heterocycles. The van der Waals surface area contributed by atoms with Crippen molar-refractivity contribution in [1.29, 1.82) is 0 Å². The molecule has 9 heteroatoms. The van der Waals surface area contributed by atoms with Crippen molar-refractivity contribution in [3.8, 4) is 0 Å². The summed E-state index contributed by atoms with van der Waals surface area (Å²) in [6, 6.07) is 5.11. The molecule has 178 valence electrons. The van der Waals surface area contributed by atoms with E-state index in [1.165, 1.54) is 0 Å². The number of ether oxygens (including phenoxy) is 1. The SMILES string of the molecule is CN1CCC(O)(C(C(=O)N2CCN(C(=O)OC(C)(C)C)CC2)c2ccc(Cl)c(Cl)c2)CC1. The Labute approximate surface area is 200 Å². The maximum Gasteiger partial charge on any atom is 0.410 e. The number of likely N-dealkylation sites (tertiary alicyclic amines) is 1. The van der Waals surface area contributed by atoms with E-state index in [1.807, 2.05) is 27.8 Å². The van der Waals surface area contributed by atoms with Gasteiger partial charge >= 0.3 is 6.09 Å². The molecule has 1 aromatic rings. The Hall–Kier alpha value is -1.54. The van der Waals surface area contributed by atoms with Gasteiger partial charge in [-0.15, -0.1) is 0 Å². The number of hydrogen-bond acceptors (Lipinski definition) is 5. The minimum absolute atomic E-state index is 0.153. The summed E-state index contributed by atoms with van der Waals surface area (Å²) in [6.07, 6.45) is 0.593. The molecule has 1 aromatic carbocycles. The highest BCUT2D eigenvalue weighted by Gasteiger charge is 2.46. The quantitative estimate of drug-likeness (QED) is 0.707. The van der Waals surface area contributed by atoms with Gasteiger partial charge in [-0.1, -0.05) is 29.3 Å². The van der Waals surface area contributed by atoms with Crippen LogP contribution >= 0.6 is 23.2 Å². The molecule has 1 N–H and O–H groups in total. The molecule has 2 fully saturated rings. The van der Waals surface area contributed by atoms with Gasteiger partial charge in [0.1, 0.15) is 5.60 Å². The molecule has 32 heavy (non-hydrogen) atoms. The van der Waals surface area contributed by atoms with Crippen LogP contribution in [0.4, 0.5) is 4.79 Å². The summed E-state index contributed by atoms with van der Waals surface area (Å²) in [5.41, 5.74) is -1.09. The van der Waals surface area contributed by atoms with E-state index in [0.717, 1.165) is 0 Å². The first-order chi connectivity index (χ1) is 14.9. The largest absolute Gasteiger partial charge is 0.444 e. The molecule has 1 unspecified atom stereocenters. The molecule has 0 saturated carbocycles. The molecule has 1 atom stereocenters. The summed E-state index contributed by atoms with van der Waals surface area (Å²) >= 11 is 12.4. The normalized spacial score (nSPS) is 20.7. The van der Waals surface area contributed by atoms with Crippen LogP contribution in [0.2, 0.25) is 10.0 Å². The van der Waals surface area contributed by atoms with E-state index in [2.05, 4.69) is 4.90 Å². The molecule has 0 spiro atoms. The van der Waals surface area contributed by atoms with Gasteiger partial charge in [-0.25, -0.2) is 4.79 Å². The maximum absolute atomic E-state index is 13.7. The second-order valence-corrected chi connectivity index (χ2v) is 10.6. The van der Waals surface area contributed by atoms with Gasteiger partial charge in [-0.2, -0.15) is 0 Å². The van der Waals surface area contributed by atoms with Crippen molar-refractivity contribution in [1.82, 2.24) is 14.7 Å². The fourth-order valence-corrected chi connectivity index (χ4v) is 4.59. The molecule has 3 rings (SSSR count). The third kappa shape index (κ3) is 5.87. The Morgan fingerprint density at radius 1 is 1.00 bits per heavy atom. The molecule has 0 radical (unpaired) electrons. The fraction of sp³-hybridized carbons (Fsp3) is 0.652. The first-order valence-electron chi connectivity index (χ1n) is 11.0. The highest BCUT2D eigenvalue weighted by molar-refractivity contribution is 6.42. The Bertz CT molecular complexity index is 842. The molecule has 2 saturated heterocycles. The van der Waals surface area contributed by atoms with Crippen molar-refractivity contribution in [2.45, 2.75) is 50.7 Å². The third-order valence-corrected chi connectivity index (χ3v) is 6.90. The topological polar surface area (TPSA) is 73.3 Å². The summed E-state index contributed by atoms with van der Waals surface area (Å²) in [6.45, 7) is 8.42. The van der Waals surface area contributed by atoms with E-state index >= 15 is 0 Å². The van der Waals surface area contributed by atoms with Gasteiger partial charge in [-0.05, 0) is 58.4 Å². The van der Waals surface area contributed by atoms with E-state index in [4.69, 9.17) is 27.9 Å². The molecule has 0 bridgehead atoms. The van der Waals surface area contributed by atoms with E-state index in [0.29, 0.717) is 67.7 Å². The monoisotopic (exact) mass is 485 g/mol. The summed E-state index contributed by atoms with van der Waals surface area (Å²) in [4.78, 5) is 31.6. The Kier molecular flexibility index (Phi) is 7.65. The number of piperazine rings is 1. The molecular weight excluding hydrogens is 453 g/mol. The van der Waals surface area contributed by atoms with Crippen molar-refractivity contribution in [3.63, 3.8) is 0 Å². The average Bonchev–Trinajstić information content (AvgIpc) is 2.72. The summed E-state index contributed by atoms with van der Waals surface area (Å²) in [7, 11) is 2.01. The van der Waals surface area contributed by atoms with E-state index in [1.54, 1.807) is 28.0 Å². The first kappa shape index (κ1) is 25.1. The maximum atomic E-state index is 13.7. The van der Waals surface area contributed by atoms with E-state index in [-0.39, 0.29) is 12.0 Å². The van der Waals surface area contributed by atoms with Crippen LogP contribution in [0.1, 0.15) is 45.1 Å². The molecule has 7 nitrogen and oxygen atoms in total. The van der Waals surface area contributed by atoms with Gasteiger partial charge in [0.05, 0.1) is 21.6 Å². The van der Waals surface area contributed by atoms with Gasteiger partial charge in [0.15, 0.2) is 0 Å². The number of amides is 2. The number of rotatable bonds is 3. The highest BCUT2D eigenvalue weighted by atomic mass is 35.5. The fourth-order valence-electron chi connectivity index (χ4n) is 4.29. The summed E-state index contributed by atoms with van der Waals surface area (Å²) < 4.78 is 5.45. The van der Waals surface area contributed by atoms with Crippen LogP contribution in [0.5, 0.6) is 0 Å². The molecule has 0 aliphatic carbocycles. The predicted molar refractivity (Wildman–Crippen MR) is 125 cm³/mol. The van der Waals surface area contributed by atoms with Crippen molar-refractivity contribution in [2.24, 2.45) is 0 Å². The number of nitrogens with zero attached hydrogens (tertiary/aromatic N) is 3. The number of hydrogen-bond donors (Lipinski definition) is 1. The Morgan fingerprint density at radius 2 is 1.56 bits per heavy atom. The molecule has 2 aliphatic heterocycles. The second kappa shape index (κ2) is 9.75. The Balaban J connectivity index is 1.79. The summed E-state index contributed by atoms with van der Waals surface area (Å²) in [5, 5.41) is 12.4. The van der Waals surface area contributed by atoms with Crippen LogP contribution < -0.4 is 0 Å². The van der Waals surface area contributed by atoms with Crippen LogP contribution in [0.15, 0.2) is 18.2 Å². The third-order valence-electron chi connectivity index (χ3n) is 6.16. The second-order valence-electron chi connectivity index (χ2n) is 9.81. The van der Waals surface area contributed by atoms with Crippen molar-refractivity contribution < 1.29 is 19.4 Å². The number of carbonyl (C=O) groups is 2. The van der Waals surface area contributed by atoms with Gasteiger partial charge in [-0.3, -0.25) is 4.79 Å². The van der Waals surface area contributed by atoms with Gasteiger partial charge in [0.2, 0.25) is 5.91 Å². The lowest BCUT2D eigenvalue weighted by Gasteiger charge is -2.44. The van der Waals surface area contributed by atoms with E-state index < -0.39 is 17.1 Å². The smallest absolute Gasteiger partial charge is 0.410 e. The van der Waals surface area contributed by atoms with Crippen LogP contribution in [0.3, 0.4) is 0 Å². The minimum atomic E-state index is -1.18. The van der Waals surface area contributed by atoms with Gasteiger partial charge < -0.3 is 24.5 Å². The zero-order valence-corrected chi connectivity index (χ0v) is 20.7. The predicted octanol–water partition coefficient (Wildman–Crippen LogP) is 3.61.